The van der Waals surface area contributed by atoms with Gasteiger partial charge in [0.05, 0.1) is 5.69 Å². The quantitative estimate of drug-likeness (QED) is 0.779. The maximum absolute atomic E-state index is 4.39. The Bertz CT molecular complexity index is 302. The molecule has 0 radical (unpaired) electrons. The van der Waals surface area contributed by atoms with Crippen molar-refractivity contribution in [3.05, 3.63) is 24.0 Å². The molecule has 1 rings (SSSR count). The van der Waals surface area contributed by atoms with Gasteiger partial charge in [-0.05, 0) is 25.0 Å². The van der Waals surface area contributed by atoms with Crippen molar-refractivity contribution in [1.82, 2.24) is 4.98 Å². The summed E-state index contributed by atoms with van der Waals surface area (Å²) in [5, 5.41) is 4.10. The van der Waals surface area contributed by atoms with Crippen LogP contribution in [0.5, 0.6) is 0 Å². The lowest BCUT2D eigenvalue weighted by Crippen LogP contribution is -2.01. The number of anilines is 1. The van der Waals surface area contributed by atoms with Crippen LogP contribution >= 0.6 is 11.8 Å². The van der Waals surface area contributed by atoms with Crippen molar-refractivity contribution in [2.24, 2.45) is 0 Å². The summed E-state index contributed by atoms with van der Waals surface area (Å²) in [5.41, 5.74) is 2.36. The smallest absolute Gasteiger partial charge is 0.0523 e. The molecule has 0 aliphatic carbocycles. The fraction of sp³-hybridized carbons (Fsp3) is 0.615. The van der Waals surface area contributed by atoms with E-state index in [4.69, 9.17) is 0 Å². The summed E-state index contributed by atoms with van der Waals surface area (Å²) in [5.74, 6) is 1.01. The summed E-state index contributed by atoms with van der Waals surface area (Å²) in [6.07, 6.45) is 4.27. The van der Waals surface area contributed by atoms with Crippen molar-refractivity contribution < 1.29 is 0 Å². The first-order valence-corrected chi connectivity index (χ1v) is 7.11. The van der Waals surface area contributed by atoms with Crippen molar-refractivity contribution in [3.63, 3.8) is 0 Å². The number of pyridine rings is 1. The fourth-order valence-corrected chi connectivity index (χ4v) is 2.13. The molecular formula is C13H22N2S. The standard InChI is InChI=1S/C13H22N2S/c1-4-7-14-12-6-8-15-13(9-12)10-16-11(3)5-2/h6,8-9,11H,4-5,7,10H2,1-3H3,(H,14,15). The molecule has 0 amide bonds. The van der Waals surface area contributed by atoms with Crippen LogP contribution in [0.1, 0.15) is 39.3 Å². The lowest BCUT2D eigenvalue weighted by molar-refractivity contribution is 0.904. The molecule has 1 atom stereocenters. The van der Waals surface area contributed by atoms with Gasteiger partial charge in [-0.1, -0.05) is 20.8 Å². The second-order valence-corrected chi connectivity index (χ2v) is 5.42. The summed E-state index contributed by atoms with van der Waals surface area (Å²) in [6, 6.07) is 4.19. The normalized spacial score (nSPS) is 12.4. The molecule has 0 aromatic carbocycles. The van der Waals surface area contributed by atoms with Crippen molar-refractivity contribution in [3.8, 4) is 0 Å². The first kappa shape index (κ1) is 13.4. The third-order valence-corrected chi connectivity index (χ3v) is 3.85. The van der Waals surface area contributed by atoms with Crippen LogP contribution in [0, 0.1) is 0 Å². The van der Waals surface area contributed by atoms with Crippen LogP contribution in [-0.4, -0.2) is 16.8 Å². The van der Waals surface area contributed by atoms with Gasteiger partial charge in [0.25, 0.3) is 0 Å². The topological polar surface area (TPSA) is 24.9 Å². The lowest BCUT2D eigenvalue weighted by atomic mass is 10.3. The summed E-state index contributed by atoms with van der Waals surface area (Å²) >= 11 is 1.97. The molecule has 0 aliphatic heterocycles. The first-order chi connectivity index (χ1) is 7.76. The van der Waals surface area contributed by atoms with Gasteiger partial charge in [-0.3, -0.25) is 4.98 Å². The zero-order valence-corrected chi connectivity index (χ0v) is 11.3. The van der Waals surface area contributed by atoms with Crippen LogP contribution < -0.4 is 5.32 Å². The summed E-state index contributed by atoms with van der Waals surface area (Å²) in [7, 11) is 0. The monoisotopic (exact) mass is 238 g/mol. The van der Waals surface area contributed by atoms with Crippen LogP contribution in [0.15, 0.2) is 18.3 Å². The number of rotatable bonds is 7. The van der Waals surface area contributed by atoms with Gasteiger partial charge in [0.1, 0.15) is 0 Å². The molecule has 2 nitrogen and oxygen atoms in total. The number of aromatic nitrogens is 1. The van der Waals surface area contributed by atoms with Crippen LogP contribution in [0.25, 0.3) is 0 Å². The largest absolute Gasteiger partial charge is 0.385 e. The molecule has 90 valence electrons. The highest BCUT2D eigenvalue weighted by Crippen LogP contribution is 2.20. The predicted molar refractivity (Wildman–Crippen MR) is 74.1 cm³/mol. The molecular weight excluding hydrogens is 216 g/mol. The van der Waals surface area contributed by atoms with Crippen molar-refractivity contribution in [1.29, 1.82) is 0 Å². The van der Waals surface area contributed by atoms with Gasteiger partial charge in [-0.2, -0.15) is 11.8 Å². The predicted octanol–water partition coefficient (Wildman–Crippen LogP) is 3.94. The van der Waals surface area contributed by atoms with E-state index in [0.717, 1.165) is 18.7 Å². The molecule has 0 aliphatic rings. The highest BCUT2D eigenvalue weighted by molar-refractivity contribution is 7.99. The van der Waals surface area contributed by atoms with Crippen molar-refractivity contribution in [2.45, 2.75) is 44.6 Å². The minimum absolute atomic E-state index is 0.717. The van der Waals surface area contributed by atoms with Crippen LogP contribution in [0.3, 0.4) is 0 Å². The Morgan fingerprint density at radius 1 is 1.44 bits per heavy atom. The van der Waals surface area contributed by atoms with Crippen LogP contribution in [-0.2, 0) is 5.75 Å². The van der Waals surface area contributed by atoms with E-state index in [1.54, 1.807) is 0 Å². The molecule has 3 heteroatoms. The minimum Gasteiger partial charge on any atom is -0.385 e. The van der Waals surface area contributed by atoms with Gasteiger partial charge in [0, 0.05) is 29.4 Å². The zero-order chi connectivity index (χ0) is 11.8. The van der Waals surface area contributed by atoms with E-state index in [1.807, 2.05) is 24.0 Å². The van der Waals surface area contributed by atoms with E-state index in [9.17, 15) is 0 Å². The van der Waals surface area contributed by atoms with Crippen molar-refractivity contribution in [2.75, 3.05) is 11.9 Å². The average molecular weight is 238 g/mol. The lowest BCUT2D eigenvalue weighted by Gasteiger charge is -2.09. The third-order valence-electron chi connectivity index (χ3n) is 2.49. The second kappa shape index (κ2) is 7.55. The number of hydrogen-bond donors (Lipinski definition) is 1. The van der Waals surface area contributed by atoms with E-state index in [0.29, 0.717) is 5.25 Å². The van der Waals surface area contributed by atoms with E-state index in [-0.39, 0.29) is 0 Å². The maximum Gasteiger partial charge on any atom is 0.0523 e. The highest BCUT2D eigenvalue weighted by atomic mass is 32.2. The van der Waals surface area contributed by atoms with Gasteiger partial charge in [-0.25, -0.2) is 0 Å². The molecule has 16 heavy (non-hydrogen) atoms. The van der Waals surface area contributed by atoms with Crippen molar-refractivity contribution >= 4 is 17.4 Å². The van der Waals surface area contributed by atoms with Gasteiger partial charge < -0.3 is 5.32 Å². The summed E-state index contributed by atoms with van der Waals surface area (Å²) < 4.78 is 0. The molecule has 0 fully saturated rings. The van der Waals surface area contributed by atoms with Gasteiger partial charge in [0.15, 0.2) is 0 Å². The Balaban J connectivity index is 2.46. The minimum atomic E-state index is 0.717. The first-order valence-electron chi connectivity index (χ1n) is 6.06. The maximum atomic E-state index is 4.39. The zero-order valence-electron chi connectivity index (χ0n) is 10.5. The molecule has 0 saturated heterocycles. The Morgan fingerprint density at radius 2 is 2.25 bits per heavy atom. The Morgan fingerprint density at radius 3 is 2.94 bits per heavy atom. The molecule has 1 heterocycles. The molecule has 1 aromatic rings. The van der Waals surface area contributed by atoms with E-state index in [2.05, 4.69) is 37.1 Å². The Kier molecular flexibility index (Phi) is 6.31. The molecule has 1 unspecified atom stereocenters. The average Bonchev–Trinajstić information content (AvgIpc) is 2.34. The van der Waals surface area contributed by atoms with Gasteiger partial charge in [-0.15, -0.1) is 0 Å². The molecule has 1 N–H and O–H groups in total. The molecule has 0 spiro atoms. The molecule has 0 bridgehead atoms. The Hall–Kier alpha value is -0.700. The van der Waals surface area contributed by atoms with Crippen LogP contribution in [0.4, 0.5) is 5.69 Å². The van der Waals surface area contributed by atoms with Gasteiger partial charge in [0.2, 0.25) is 0 Å². The number of nitrogens with zero attached hydrogens (tertiary/aromatic N) is 1. The van der Waals surface area contributed by atoms with E-state index < -0.39 is 0 Å². The van der Waals surface area contributed by atoms with E-state index in [1.165, 1.54) is 17.8 Å². The SMILES string of the molecule is CCCNc1ccnc(CSC(C)CC)c1. The fourth-order valence-electron chi connectivity index (χ4n) is 1.28. The Labute approximate surface area is 103 Å². The number of thioether (sulfide) groups is 1. The van der Waals surface area contributed by atoms with Gasteiger partial charge >= 0.3 is 0 Å². The number of hydrogen-bond acceptors (Lipinski definition) is 3. The summed E-state index contributed by atoms with van der Waals surface area (Å²) in [6.45, 7) is 7.70. The third kappa shape index (κ3) is 4.88. The second-order valence-electron chi connectivity index (χ2n) is 3.99. The highest BCUT2D eigenvalue weighted by Gasteiger charge is 2.02. The molecule has 1 aromatic heterocycles. The summed E-state index contributed by atoms with van der Waals surface area (Å²) in [4.78, 5) is 4.39. The van der Waals surface area contributed by atoms with Crippen LogP contribution in [0.2, 0.25) is 0 Å². The molecule has 0 saturated carbocycles. The van der Waals surface area contributed by atoms with E-state index >= 15 is 0 Å². The number of nitrogens with one attached hydrogen (secondary N) is 1.